The molecular weight excluding hydrogens is 296 g/mol. The highest BCUT2D eigenvalue weighted by Gasteiger charge is 2.12. The molecule has 3 aromatic rings. The molecule has 0 aliphatic rings. The van der Waals surface area contributed by atoms with E-state index < -0.39 is 0 Å². The molecule has 3 rings (SSSR count). The van der Waals surface area contributed by atoms with E-state index >= 15 is 0 Å². The Bertz CT molecular complexity index is 823. The van der Waals surface area contributed by atoms with E-state index in [4.69, 9.17) is 11.6 Å². The molecule has 2 aromatic heterocycles. The van der Waals surface area contributed by atoms with Crippen LogP contribution in [0.25, 0.3) is 16.9 Å². The van der Waals surface area contributed by atoms with Gasteiger partial charge in [-0.15, -0.1) is 0 Å². The van der Waals surface area contributed by atoms with E-state index in [0.717, 1.165) is 35.6 Å². The maximum atomic E-state index is 6.18. The number of benzene rings is 1. The van der Waals surface area contributed by atoms with Crippen LogP contribution in [-0.4, -0.2) is 21.1 Å². The predicted molar refractivity (Wildman–Crippen MR) is 91.7 cm³/mol. The second-order valence-corrected chi connectivity index (χ2v) is 5.87. The molecule has 0 bridgehead atoms. The third-order valence-electron chi connectivity index (χ3n) is 3.81. The molecule has 0 aliphatic carbocycles. The number of nitrogens with zero attached hydrogens (tertiary/aromatic N) is 3. The van der Waals surface area contributed by atoms with Gasteiger partial charge < -0.3 is 5.32 Å². The average Bonchev–Trinajstić information content (AvgIpc) is 2.91. The molecule has 1 aromatic carbocycles. The van der Waals surface area contributed by atoms with Gasteiger partial charge in [0.1, 0.15) is 0 Å². The Hall–Kier alpha value is -2.07. The number of fused-ring (bicyclic) bond motifs is 1. The number of aromatic nitrogens is 3. The first-order valence-electron chi connectivity index (χ1n) is 7.46. The molecular formula is C17H19ClN4. The highest BCUT2D eigenvalue weighted by atomic mass is 35.5. The van der Waals surface area contributed by atoms with Gasteiger partial charge in [-0.1, -0.05) is 30.7 Å². The van der Waals surface area contributed by atoms with Crippen LogP contribution in [0.15, 0.2) is 30.5 Å². The van der Waals surface area contributed by atoms with Crippen LogP contribution in [0, 0.1) is 13.8 Å². The summed E-state index contributed by atoms with van der Waals surface area (Å²) in [6.07, 6.45) is 2.89. The lowest BCUT2D eigenvalue weighted by Crippen LogP contribution is -2.04. The van der Waals surface area contributed by atoms with E-state index in [1.54, 1.807) is 0 Å². The number of halogens is 1. The number of hydrogen-bond acceptors (Lipinski definition) is 3. The van der Waals surface area contributed by atoms with Gasteiger partial charge in [-0.25, -0.2) is 9.50 Å². The van der Waals surface area contributed by atoms with E-state index in [1.165, 1.54) is 11.1 Å². The summed E-state index contributed by atoms with van der Waals surface area (Å²) >= 11 is 6.18. The van der Waals surface area contributed by atoms with Gasteiger partial charge in [0.15, 0.2) is 10.8 Å². The Morgan fingerprint density at radius 2 is 2.00 bits per heavy atom. The van der Waals surface area contributed by atoms with Gasteiger partial charge in [-0.05, 0) is 37.5 Å². The molecule has 0 unspecified atom stereocenters. The number of hydrogen-bond donors (Lipinski definition) is 1. The van der Waals surface area contributed by atoms with Crippen LogP contribution in [0.2, 0.25) is 5.15 Å². The van der Waals surface area contributed by atoms with Crippen LogP contribution >= 0.6 is 11.6 Å². The van der Waals surface area contributed by atoms with Gasteiger partial charge in [0.2, 0.25) is 0 Å². The summed E-state index contributed by atoms with van der Waals surface area (Å²) in [4.78, 5) is 4.52. The van der Waals surface area contributed by atoms with Crippen molar-refractivity contribution >= 4 is 22.9 Å². The molecule has 0 amide bonds. The third-order valence-corrected chi connectivity index (χ3v) is 3.99. The molecule has 0 atom stereocenters. The highest BCUT2D eigenvalue weighted by molar-refractivity contribution is 6.29. The fourth-order valence-electron chi connectivity index (χ4n) is 2.43. The normalized spacial score (nSPS) is 11.1. The van der Waals surface area contributed by atoms with Crippen LogP contribution in [0.1, 0.15) is 24.5 Å². The summed E-state index contributed by atoms with van der Waals surface area (Å²) in [5, 5.41) is 8.22. The van der Waals surface area contributed by atoms with E-state index in [2.05, 4.69) is 54.4 Å². The summed E-state index contributed by atoms with van der Waals surface area (Å²) in [5.41, 5.74) is 6.27. The average molecular weight is 315 g/mol. The lowest BCUT2D eigenvalue weighted by atomic mass is 10.0. The summed E-state index contributed by atoms with van der Waals surface area (Å²) in [6.45, 7) is 7.22. The van der Waals surface area contributed by atoms with Gasteiger partial charge >= 0.3 is 0 Å². The van der Waals surface area contributed by atoms with Crippen molar-refractivity contribution in [2.75, 3.05) is 11.9 Å². The van der Waals surface area contributed by atoms with Crippen LogP contribution < -0.4 is 5.32 Å². The van der Waals surface area contributed by atoms with Crippen molar-refractivity contribution in [1.82, 2.24) is 14.6 Å². The van der Waals surface area contributed by atoms with Gasteiger partial charge in [0.05, 0.1) is 17.6 Å². The minimum Gasteiger partial charge on any atom is -0.382 e. The van der Waals surface area contributed by atoms with Crippen molar-refractivity contribution in [3.63, 3.8) is 0 Å². The zero-order valence-electron chi connectivity index (χ0n) is 13.0. The second-order valence-electron chi connectivity index (χ2n) is 5.49. The topological polar surface area (TPSA) is 42.2 Å². The third kappa shape index (κ3) is 2.66. The standard InChI is InChI=1S/C17H19ClN4/c1-4-7-19-14-9-16(18)21-22-15(10-20-17(14)22)13-6-5-11(2)12(3)8-13/h5-6,8-10,19H,4,7H2,1-3H3. The van der Waals surface area contributed by atoms with E-state index in [0.29, 0.717) is 5.15 Å². The van der Waals surface area contributed by atoms with Gasteiger partial charge in [0, 0.05) is 18.2 Å². The lowest BCUT2D eigenvalue weighted by molar-refractivity contribution is 0.931. The van der Waals surface area contributed by atoms with Crippen molar-refractivity contribution in [3.05, 3.63) is 46.7 Å². The molecule has 0 radical (unpaired) electrons. The SMILES string of the molecule is CCCNc1cc(Cl)nn2c(-c3ccc(C)c(C)c3)cnc12. The van der Waals surface area contributed by atoms with Crippen molar-refractivity contribution in [2.24, 2.45) is 0 Å². The largest absolute Gasteiger partial charge is 0.382 e. The smallest absolute Gasteiger partial charge is 0.177 e. The Labute approximate surface area is 135 Å². The first-order valence-corrected chi connectivity index (χ1v) is 7.83. The summed E-state index contributed by atoms with van der Waals surface area (Å²) in [6, 6.07) is 8.18. The fraction of sp³-hybridized carbons (Fsp3) is 0.294. The van der Waals surface area contributed by atoms with Gasteiger partial charge in [-0.2, -0.15) is 5.10 Å². The van der Waals surface area contributed by atoms with Gasteiger partial charge in [-0.3, -0.25) is 0 Å². The molecule has 0 spiro atoms. The predicted octanol–water partition coefficient (Wildman–Crippen LogP) is 4.49. The van der Waals surface area contributed by atoms with Gasteiger partial charge in [0.25, 0.3) is 0 Å². The molecule has 1 N–H and O–H groups in total. The Balaban J connectivity index is 2.15. The molecule has 4 nitrogen and oxygen atoms in total. The Kier molecular flexibility index (Phi) is 4.03. The molecule has 2 heterocycles. The monoisotopic (exact) mass is 314 g/mol. The van der Waals surface area contributed by atoms with Crippen LogP contribution in [0.3, 0.4) is 0 Å². The minimum atomic E-state index is 0.453. The summed E-state index contributed by atoms with van der Waals surface area (Å²) < 4.78 is 1.81. The number of anilines is 1. The Morgan fingerprint density at radius 3 is 2.73 bits per heavy atom. The maximum absolute atomic E-state index is 6.18. The molecule has 114 valence electrons. The molecule has 5 heteroatoms. The molecule has 0 saturated carbocycles. The quantitative estimate of drug-likeness (QED) is 0.771. The number of rotatable bonds is 4. The van der Waals surface area contributed by atoms with E-state index in [-0.39, 0.29) is 0 Å². The number of imidazole rings is 1. The molecule has 0 aliphatic heterocycles. The highest BCUT2D eigenvalue weighted by Crippen LogP contribution is 2.27. The lowest BCUT2D eigenvalue weighted by Gasteiger charge is -2.08. The van der Waals surface area contributed by atoms with Crippen molar-refractivity contribution < 1.29 is 0 Å². The van der Waals surface area contributed by atoms with Crippen molar-refractivity contribution in [2.45, 2.75) is 27.2 Å². The minimum absolute atomic E-state index is 0.453. The van der Waals surface area contributed by atoms with Crippen LogP contribution in [0.4, 0.5) is 5.69 Å². The van der Waals surface area contributed by atoms with Crippen molar-refractivity contribution in [1.29, 1.82) is 0 Å². The summed E-state index contributed by atoms with van der Waals surface area (Å²) in [5.74, 6) is 0. The first-order chi connectivity index (χ1) is 10.6. The Morgan fingerprint density at radius 1 is 1.18 bits per heavy atom. The van der Waals surface area contributed by atoms with Crippen LogP contribution in [-0.2, 0) is 0 Å². The maximum Gasteiger partial charge on any atom is 0.177 e. The number of aryl methyl sites for hydroxylation is 2. The van der Waals surface area contributed by atoms with Crippen LogP contribution in [0.5, 0.6) is 0 Å². The van der Waals surface area contributed by atoms with E-state index in [1.807, 2.05) is 16.8 Å². The van der Waals surface area contributed by atoms with E-state index in [9.17, 15) is 0 Å². The second kappa shape index (κ2) is 5.97. The molecule has 0 fully saturated rings. The molecule has 0 saturated heterocycles. The zero-order valence-corrected chi connectivity index (χ0v) is 13.8. The van der Waals surface area contributed by atoms with Crippen molar-refractivity contribution in [3.8, 4) is 11.3 Å². The zero-order chi connectivity index (χ0) is 15.7. The fourth-order valence-corrected chi connectivity index (χ4v) is 2.61. The first kappa shape index (κ1) is 14.9. The summed E-state index contributed by atoms with van der Waals surface area (Å²) in [7, 11) is 0. The molecule has 22 heavy (non-hydrogen) atoms. The number of nitrogens with one attached hydrogen (secondary N) is 1.